The summed E-state index contributed by atoms with van der Waals surface area (Å²) in [6.45, 7) is 3.79. The molecular weight excluding hydrogens is 154 g/mol. The van der Waals surface area contributed by atoms with Gasteiger partial charge in [0.2, 0.25) is 0 Å². The van der Waals surface area contributed by atoms with E-state index in [4.69, 9.17) is 0 Å². The van der Waals surface area contributed by atoms with Gasteiger partial charge in [0.25, 0.3) is 0 Å². The minimum absolute atomic E-state index is 0.379. The van der Waals surface area contributed by atoms with Crippen LogP contribution in [-0.4, -0.2) is 18.1 Å². The molecule has 0 aromatic carbocycles. The molecule has 0 atom stereocenters. The van der Waals surface area contributed by atoms with Crippen molar-refractivity contribution < 1.29 is 9.53 Å². The van der Waals surface area contributed by atoms with Gasteiger partial charge in [0.15, 0.2) is 5.69 Å². The molecule has 0 saturated carbocycles. The van der Waals surface area contributed by atoms with Crippen molar-refractivity contribution in [2.75, 3.05) is 7.11 Å². The van der Waals surface area contributed by atoms with Gasteiger partial charge in [-0.15, -0.1) is 0 Å². The Morgan fingerprint density at radius 2 is 2.17 bits per heavy atom. The fraction of sp³-hybridized carbons (Fsp3) is 0.333. The normalized spacial score (nSPS) is 9.58. The number of hydrogen-bond acceptors (Lipinski definition) is 3. The standard InChI is InChI=1S/C9H11NO2/c1-6-4-5-10-8(7(6)2)9(11)12-3/h4-5H,1-3H3. The molecule has 0 aliphatic heterocycles. The summed E-state index contributed by atoms with van der Waals surface area (Å²) in [6.07, 6.45) is 1.61. The van der Waals surface area contributed by atoms with Crippen LogP contribution in [0.5, 0.6) is 0 Å². The number of aryl methyl sites for hydroxylation is 1. The lowest BCUT2D eigenvalue weighted by molar-refractivity contribution is 0.0593. The number of carbonyl (C=O) groups excluding carboxylic acids is 1. The van der Waals surface area contributed by atoms with Gasteiger partial charge in [-0.1, -0.05) is 0 Å². The van der Waals surface area contributed by atoms with Crippen molar-refractivity contribution >= 4 is 5.97 Å². The van der Waals surface area contributed by atoms with E-state index in [9.17, 15) is 4.79 Å². The molecule has 0 N–H and O–H groups in total. The molecule has 0 spiro atoms. The highest BCUT2D eigenvalue weighted by atomic mass is 16.5. The molecule has 0 unspecified atom stereocenters. The van der Waals surface area contributed by atoms with Crippen LogP contribution < -0.4 is 0 Å². The third-order valence-corrected chi connectivity index (χ3v) is 1.85. The number of esters is 1. The quantitative estimate of drug-likeness (QED) is 0.592. The van der Waals surface area contributed by atoms with Gasteiger partial charge in [-0.05, 0) is 31.0 Å². The molecule has 0 amide bonds. The maximum Gasteiger partial charge on any atom is 0.356 e. The topological polar surface area (TPSA) is 39.2 Å². The third kappa shape index (κ3) is 1.44. The summed E-state index contributed by atoms with van der Waals surface area (Å²) in [5.41, 5.74) is 2.33. The molecule has 0 saturated heterocycles. The summed E-state index contributed by atoms with van der Waals surface area (Å²) in [6, 6.07) is 1.86. The molecule has 0 radical (unpaired) electrons. The van der Waals surface area contributed by atoms with E-state index >= 15 is 0 Å². The first-order valence-electron chi connectivity index (χ1n) is 3.67. The van der Waals surface area contributed by atoms with Gasteiger partial charge in [0.05, 0.1) is 7.11 Å². The van der Waals surface area contributed by atoms with Gasteiger partial charge < -0.3 is 4.74 Å². The van der Waals surface area contributed by atoms with Crippen molar-refractivity contribution in [3.8, 4) is 0 Å². The molecule has 1 aromatic rings. The molecule has 3 nitrogen and oxygen atoms in total. The number of hydrogen-bond donors (Lipinski definition) is 0. The second kappa shape index (κ2) is 3.34. The van der Waals surface area contributed by atoms with E-state index in [2.05, 4.69) is 9.72 Å². The van der Waals surface area contributed by atoms with Crippen LogP contribution in [0.1, 0.15) is 21.6 Å². The SMILES string of the molecule is COC(=O)c1nccc(C)c1C. The minimum atomic E-state index is -0.379. The molecule has 0 aliphatic carbocycles. The van der Waals surface area contributed by atoms with Crippen LogP contribution >= 0.6 is 0 Å². The van der Waals surface area contributed by atoms with Crippen molar-refractivity contribution in [2.45, 2.75) is 13.8 Å². The second-order valence-corrected chi connectivity index (χ2v) is 2.59. The number of methoxy groups -OCH3 is 1. The lowest BCUT2D eigenvalue weighted by atomic mass is 10.1. The molecule has 0 fully saturated rings. The van der Waals surface area contributed by atoms with Crippen LogP contribution in [0.2, 0.25) is 0 Å². The number of rotatable bonds is 1. The van der Waals surface area contributed by atoms with Gasteiger partial charge in [0.1, 0.15) is 0 Å². The average molecular weight is 165 g/mol. The second-order valence-electron chi connectivity index (χ2n) is 2.59. The molecule has 12 heavy (non-hydrogen) atoms. The zero-order valence-electron chi connectivity index (χ0n) is 7.42. The predicted octanol–water partition coefficient (Wildman–Crippen LogP) is 1.49. The van der Waals surface area contributed by atoms with Crippen LogP contribution in [0, 0.1) is 13.8 Å². The van der Waals surface area contributed by atoms with Gasteiger partial charge in [-0.25, -0.2) is 9.78 Å². The van der Waals surface area contributed by atoms with E-state index in [1.165, 1.54) is 7.11 Å². The van der Waals surface area contributed by atoms with E-state index in [0.29, 0.717) is 5.69 Å². The summed E-state index contributed by atoms with van der Waals surface area (Å²) in [4.78, 5) is 15.0. The highest BCUT2D eigenvalue weighted by Crippen LogP contribution is 2.09. The van der Waals surface area contributed by atoms with Crippen molar-refractivity contribution in [3.63, 3.8) is 0 Å². The van der Waals surface area contributed by atoms with Gasteiger partial charge >= 0.3 is 5.97 Å². The molecule has 64 valence electrons. The van der Waals surface area contributed by atoms with E-state index in [-0.39, 0.29) is 5.97 Å². The van der Waals surface area contributed by atoms with Crippen molar-refractivity contribution in [3.05, 3.63) is 29.1 Å². The number of carbonyl (C=O) groups is 1. The van der Waals surface area contributed by atoms with E-state index in [1.54, 1.807) is 6.20 Å². The van der Waals surface area contributed by atoms with E-state index in [0.717, 1.165) is 11.1 Å². The largest absolute Gasteiger partial charge is 0.464 e. The van der Waals surface area contributed by atoms with Crippen molar-refractivity contribution in [1.29, 1.82) is 0 Å². The molecule has 3 heteroatoms. The molecule has 1 aromatic heterocycles. The summed E-state index contributed by atoms with van der Waals surface area (Å²) in [5.74, 6) is -0.379. The van der Waals surface area contributed by atoms with E-state index in [1.807, 2.05) is 19.9 Å². The number of aromatic nitrogens is 1. The Labute approximate surface area is 71.4 Å². The smallest absolute Gasteiger partial charge is 0.356 e. The summed E-state index contributed by atoms with van der Waals surface area (Å²) in [7, 11) is 1.35. The number of nitrogens with zero attached hydrogens (tertiary/aromatic N) is 1. The monoisotopic (exact) mass is 165 g/mol. The van der Waals surface area contributed by atoms with Gasteiger partial charge in [-0.3, -0.25) is 0 Å². The van der Waals surface area contributed by atoms with Crippen LogP contribution in [0.4, 0.5) is 0 Å². The fourth-order valence-electron chi connectivity index (χ4n) is 0.935. The van der Waals surface area contributed by atoms with Crippen molar-refractivity contribution in [2.24, 2.45) is 0 Å². The lowest BCUT2D eigenvalue weighted by Crippen LogP contribution is -2.07. The molecular formula is C9H11NO2. The maximum absolute atomic E-state index is 11.1. The molecule has 0 bridgehead atoms. The summed E-state index contributed by atoms with van der Waals surface area (Å²) < 4.78 is 4.57. The minimum Gasteiger partial charge on any atom is -0.464 e. The number of ether oxygens (including phenoxy) is 1. The highest BCUT2D eigenvalue weighted by Gasteiger charge is 2.10. The van der Waals surface area contributed by atoms with Crippen LogP contribution in [0.25, 0.3) is 0 Å². The van der Waals surface area contributed by atoms with Crippen LogP contribution in [0.3, 0.4) is 0 Å². The summed E-state index contributed by atoms with van der Waals surface area (Å²) in [5, 5.41) is 0. The zero-order chi connectivity index (χ0) is 9.14. The van der Waals surface area contributed by atoms with Crippen LogP contribution in [-0.2, 0) is 4.74 Å². The van der Waals surface area contributed by atoms with E-state index < -0.39 is 0 Å². The Hall–Kier alpha value is -1.38. The summed E-state index contributed by atoms with van der Waals surface area (Å²) >= 11 is 0. The Morgan fingerprint density at radius 3 is 2.75 bits per heavy atom. The Kier molecular flexibility index (Phi) is 2.43. The average Bonchev–Trinajstić information content (AvgIpc) is 2.08. The van der Waals surface area contributed by atoms with Gasteiger partial charge in [-0.2, -0.15) is 0 Å². The van der Waals surface area contributed by atoms with Gasteiger partial charge in [0, 0.05) is 6.20 Å². The highest BCUT2D eigenvalue weighted by molar-refractivity contribution is 5.88. The van der Waals surface area contributed by atoms with Crippen molar-refractivity contribution in [1.82, 2.24) is 4.98 Å². The number of pyridine rings is 1. The predicted molar refractivity (Wildman–Crippen MR) is 45.1 cm³/mol. The first-order chi connectivity index (χ1) is 5.66. The molecule has 1 heterocycles. The maximum atomic E-state index is 11.1. The first kappa shape index (κ1) is 8.71. The molecule has 0 aliphatic rings. The Morgan fingerprint density at radius 1 is 1.50 bits per heavy atom. The Bertz CT molecular complexity index is 307. The third-order valence-electron chi connectivity index (χ3n) is 1.85. The Balaban J connectivity index is 3.16. The first-order valence-corrected chi connectivity index (χ1v) is 3.67. The fourth-order valence-corrected chi connectivity index (χ4v) is 0.935. The zero-order valence-corrected chi connectivity index (χ0v) is 7.42. The van der Waals surface area contributed by atoms with Crippen LogP contribution in [0.15, 0.2) is 12.3 Å². The molecule has 1 rings (SSSR count). The lowest BCUT2D eigenvalue weighted by Gasteiger charge is -2.03.